The second-order valence-electron chi connectivity index (χ2n) is 5.82. The van der Waals surface area contributed by atoms with Gasteiger partial charge in [-0.05, 0) is 47.5 Å². The Morgan fingerprint density at radius 1 is 1.24 bits per heavy atom. The average molecular weight is 351 g/mol. The molecule has 0 spiro atoms. The largest absolute Gasteiger partial charge is 0.493 e. The molecule has 0 bridgehead atoms. The molecule has 1 amide bonds. The van der Waals surface area contributed by atoms with Crippen molar-refractivity contribution in [2.75, 3.05) is 11.9 Å². The number of halogens is 1. The number of anilines is 1. The van der Waals surface area contributed by atoms with E-state index in [1.54, 1.807) is 18.3 Å². The highest BCUT2D eigenvalue weighted by Gasteiger charge is 2.11. The molecule has 1 aromatic heterocycles. The fourth-order valence-electron chi connectivity index (χ4n) is 2.91. The molecule has 1 aliphatic rings. The molecule has 0 atom stereocenters. The van der Waals surface area contributed by atoms with Crippen molar-refractivity contribution in [3.05, 3.63) is 70.9 Å². The van der Waals surface area contributed by atoms with Gasteiger partial charge in [0.25, 0.3) is 0 Å². The van der Waals surface area contributed by atoms with Crippen LogP contribution in [0.25, 0.3) is 17.0 Å². The summed E-state index contributed by atoms with van der Waals surface area (Å²) < 4.78 is 5.49. The maximum atomic E-state index is 12.3. The highest BCUT2D eigenvalue weighted by Crippen LogP contribution is 2.27. The summed E-state index contributed by atoms with van der Waals surface area (Å²) >= 11 is 6.13. The molecular weight excluding hydrogens is 336 g/mol. The van der Waals surface area contributed by atoms with Gasteiger partial charge < -0.3 is 10.1 Å². The van der Waals surface area contributed by atoms with E-state index in [1.165, 1.54) is 11.6 Å². The van der Waals surface area contributed by atoms with E-state index in [-0.39, 0.29) is 5.91 Å². The van der Waals surface area contributed by atoms with E-state index < -0.39 is 0 Å². The zero-order chi connectivity index (χ0) is 17.2. The predicted molar refractivity (Wildman–Crippen MR) is 100 cm³/mol. The molecule has 25 heavy (non-hydrogen) atoms. The van der Waals surface area contributed by atoms with Gasteiger partial charge in [0.1, 0.15) is 5.75 Å². The molecule has 2 heterocycles. The third kappa shape index (κ3) is 3.35. The minimum Gasteiger partial charge on any atom is -0.493 e. The first kappa shape index (κ1) is 15.7. The van der Waals surface area contributed by atoms with Gasteiger partial charge in [-0.15, -0.1) is 0 Å². The first-order valence-corrected chi connectivity index (χ1v) is 8.36. The van der Waals surface area contributed by atoms with Gasteiger partial charge in [-0.25, -0.2) is 0 Å². The molecule has 124 valence electrons. The lowest BCUT2D eigenvalue weighted by molar-refractivity contribution is -0.111. The zero-order valence-electron chi connectivity index (χ0n) is 13.3. The topological polar surface area (TPSA) is 51.2 Å². The van der Waals surface area contributed by atoms with E-state index in [1.807, 2.05) is 36.4 Å². The van der Waals surface area contributed by atoms with Crippen LogP contribution in [0, 0.1) is 0 Å². The fraction of sp³-hybridized carbons (Fsp3) is 0.100. The molecule has 0 saturated heterocycles. The number of carbonyl (C=O) groups excluding carboxylic acids is 1. The number of benzene rings is 2. The van der Waals surface area contributed by atoms with Gasteiger partial charge in [-0.1, -0.05) is 23.7 Å². The standard InChI is InChI=1S/C20H15ClN2O2/c21-16-11-15-2-1-8-22-20(15)17(12-16)23-19(24)6-4-13-3-5-18-14(10-13)7-9-25-18/h1-6,8,10-12H,7,9H2,(H,23,24)/b6-4+. The molecular formula is C20H15ClN2O2. The van der Waals surface area contributed by atoms with Crippen LogP contribution in [0.15, 0.2) is 54.7 Å². The lowest BCUT2D eigenvalue weighted by atomic mass is 10.1. The molecule has 0 fully saturated rings. The highest BCUT2D eigenvalue weighted by molar-refractivity contribution is 6.32. The summed E-state index contributed by atoms with van der Waals surface area (Å²) in [6.07, 6.45) is 5.89. The highest BCUT2D eigenvalue weighted by atomic mass is 35.5. The van der Waals surface area contributed by atoms with Crippen molar-refractivity contribution in [2.45, 2.75) is 6.42 Å². The minimum absolute atomic E-state index is 0.231. The van der Waals surface area contributed by atoms with E-state index in [0.717, 1.165) is 29.7 Å². The van der Waals surface area contributed by atoms with Gasteiger partial charge in [0.2, 0.25) is 5.91 Å². The first-order valence-electron chi connectivity index (χ1n) is 7.98. The van der Waals surface area contributed by atoms with Crippen molar-refractivity contribution in [1.29, 1.82) is 0 Å². The number of nitrogens with zero attached hydrogens (tertiary/aromatic N) is 1. The molecule has 1 N–H and O–H groups in total. The lowest BCUT2D eigenvalue weighted by Gasteiger charge is -2.07. The number of amides is 1. The molecule has 5 heteroatoms. The van der Waals surface area contributed by atoms with Crippen LogP contribution in [0.3, 0.4) is 0 Å². The molecule has 0 unspecified atom stereocenters. The van der Waals surface area contributed by atoms with Crippen LogP contribution in [-0.4, -0.2) is 17.5 Å². The minimum atomic E-state index is -0.231. The number of nitrogens with one attached hydrogen (secondary N) is 1. The van der Waals surface area contributed by atoms with Gasteiger partial charge in [0.15, 0.2) is 0 Å². The molecule has 0 saturated carbocycles. The number of rotatable bonds is 3. The summed E-state index contributed by atoms with van der Waals surface area (Å²) in [6, 6.07) is 13.2. The van der Waals surface area contributed by atoms with Crippen LogP contribution >= 0.6 is 11.6 Å². The Morgan fingerprint density at radius 3 is 3.08 bits per heavy atom. The van der Waals surface area contributed by atoms with Crippen LogP contribution in [-0.2, 0) is 11.2 Å². The third-order valence-electron chi connectivity index (χ3n) is 4.07. The Labute approximate surface area is 150 Å². The van der Waals surface area contributed by atoms with Gasteiger partial charge in [0, 0.05) is 29.1 Å². The summed E-state index contributed by atoms with van der Waals surface area (Å²) in [4.78, 5) is 16.6. The Morgan fingerprint density at radius 2 is 2.16 bits per heavy atom. The van der Waals surface area contributed by atoms with Crippen molar-refractivity contribution >= 4 is 40.2 Å². The van der Waals surface area contributed by atoms with Gasteiger partial charge in [0.05, 0.1) is 17.8 Å². The Kier molecular flexibility index (Phi) is 4.12. The summed E-state index contributed by atoms with van der Waals surface area (Å²) in [7, 11) is 0. The fourth-order valence-corrected chi connectivity index (χ4v) is 3.13. The SMILES string of the molecule is O=C(/C=C/c1ccc2c(c1)CCO2)Nc1cc(Cl)cc2cccnc12. The van der Waals surface area contributed by atoms with Gasteiger partial charge in [-0.3, -0.25) is 9.78 Å². The quantitative estimate of drug-likeness (QED) is 0.709. The van der Waals surface area contributed by atoms with Crippen molar-refractivity contribution in [3.8, 4) is 5.75 Å². The van der Waals surface area contributed by atoms with Crippen LogP contribution in [0.5, 0.6) is 5.75 Å². The summed E-state index contributed by atoms with van der Waals surface area (Å²) in [5, 5.41) is 4.29. The number of ether oxygens (including phenoxy) is 1. The maximum Gasteiger partial charge on any atom is 0.248 e. The summed E-state index contributed by atoms with van der Waals surface area (Å²) in [6.45, 7) is 0.720. The average Bonchev–Trinajstić information content (AvgIpc) is 3.07. The Hall–Kier alpha value is -2.85. The summed E-state index contributed by atoms with van der Waals surface area (Å²) in [5.41, 5.74) is 3.45. The van der Waals surface area contributed by atoms with Crippen LogP contribution in [0.2, 0.25) is 5.02 Å². The zero-order valence-corrected chi connectivity index (χ0v) is 14.1. The molecule has 4 rings (SSSR count). The molecule has 0 aliphatic carbocycles. The van der Waals surface area contributed by atoms with E-state index in [4.69, 9.17) is 16.3 Å². The van der Waals surface area contributed by atoms with Crippen molar-refractivity contribution in [2.24, 2.45) is 0 Å². The van der Waals surface area contributed by atoms with Gasteiger partial charge in [-0.2, -0.15) is 0 Å². The third-order valence-corrected chi connectivity index (χ3v) is 4.29. The van der Waals surface area contributed by atoms with Crippen LogP contribution in [0.1, 0.15) is 11.1 Å². The number of aromatic nitrogens is 1. The van der Waals surface area contributed by atoms with E-state index in [2.05, 4.69) is 10.3 Å². The normalized spacial score (nSPS) is 13.0. The molecule has 2 aromatic carbocycles. The summed E-state index contributed by atoms with van der Waals surface area (Å²) in [5.74, 6) is 0.698. The maximum absolute atomic E-state index is 12.3. The second-order valence-corrected chi connectivity index (χ2v) is 6.25. The smallest absolute Gasteiger partial charge is 0.248 e. The van der Waals surface area contributed by atoms with Crippen molar-refractivity contribution in [3.63, 3.8) is 0 Å². The molecule has 0 radical (unpaired) electrons. The van der Waals surface area contributed by atoms with Crippen molar-refractivity contribution in [1.82, 2.24) is 4.98 Å². The van der Waals surface area contributed by atoms with E-state index in [0.29, 0.717) is 16.2 Å². The number of hydrogen-bond acceptors (Lipinski definition) is 3. The predicted octanol–water partition coefficient (Wildman–Crippen LogP) is 4.48. The van der Waals surface area contributed by atoms with Crippen LogP contribution < -0.4 is 10.1 Å². The number of hydrogen-bond donors (Lipinski definition) is 1. The van der Waals surface area contributed by atoms with E-state index >= 15 is 0 Å². The molecule has 1 aliphatic heterocycles. The number of carbonyl (C=O) groups is 1. The van der Waals surface area contributed by atoms with Crippen molar-refractivity contribution < 1.29 is 9.53 Å². The lowest BCUT2D eigenvalue weighted by Crippen LogP contribution is -2.08. The van der Waals surface area contributed by atoms with E-state index in [9.17, 15) is 4.79 Å². The van der Waals surface area contributed by atoms with Gasteiger partial charge >= 0.3 is 0 Å². The Bertz CT molecular complexity index is 998. The monoisotopic (exact) mass is 350 g/mol. The number of fused-ring (bicyclic) bond motifs is 2. The molecule has 3 aromatic rings. The first-order chi connectivity index (χ1) is 12.2. The number of pyridine rings is 1. The molecule has 4 nitrogen and oxygen atoms in total. The Balaban J connectivity index is 1.54. The second kappa shape index (κ2) is 6.57. The van der Waals surface area contributed by atoms with Crippen LogP contribution in [0.4, 0.5) is 5.69 Å².